The summed E-state index contributed by atoms with van der Waals surface area (Å²) in [6, 6.07) is 6.04. The van der Waals surface area contributed by atoms with Crippen LogP contribution < -0.4 is 10.2 Å². The highest BCUT2D eigenvalue weighted by molar-refractivity contribution is 5.88. The van der Waals surface area contributed by atoms with Crippen molar-refractivity contribution in [2.24, 2.45) is 0 Å². The van der Waals surface area contributed by atoms with Gasteiger partial charge in [-0.3, -0.25) is 9.69 Å². The zero-order chi connectivity index (χ0) is 26.9. The Bertz CT molecular complexity index is 1170. The number of ether oxygens (including phenoxy) is 1. The molecule has 12 heteroatoms. The number of anilines is 2. The monoisotopic (exact) mass is 534 g/mol. The lowest BCUT2D eigenvalue weighted by Gasteiger charge is -2.45. The van der Waals surface area contributed by atoms with Crippen molar-refractivity contribution in [1.82, 2.24) is 19.6 Å². The van der Waals surface area contributed by atoms with E-state index in [1.54, 1.807) is 21.9 Å². The first kappa shape index (κ1) is 26.5. The second-order valence-corrected chi connectivity index (χ2v) is 10.3. The number of piperidine rings is 1. The molecule has 3 aliphatic heterocycles. The van der Waals surface area contributed by atoms with Gasteiger partial charge in [0.15, 0.2) is 5.82 Å². The van der Waals surface area contributed by atoms with Gasteiger partial charge in [0, 0.05) is 63.1 Å². The maximum Gasteiger partial charge on any atom is 0.418 e. The van der Waals surface area contributed by atoms with Gasteiger partial charge in [-0.05, 0) is 49.9 Å². The Hall–Kier alpha value is -3.12. The van der Waals surface area contributed by atoms with Gasteiger partial charge in [-0.1, -0.05) is 6.07 Å². The molecule has 2 aromatic rings. The van der Waals surface area contributed by atoms with Gasteiger partial charge in [0.25, 0.3) is 0 Å². The van der Waals surface area contributed by atoms with E-state index in [1.165, 1.54) is 23.9 Å². The summed E-state index contributed by atoms with van der Waals surface area (Å²) in [6.07, 6.45) is 0.517. The molecule has 1 aromatic carbocycles. The Kier molecular flexibility index (Phi) is 7.36. The third kappa shape index (κ3) is 5.51. The van der Waals surface area contributed by atoms with Crippen LogP contribution >= 0.6 is 0 Å². The minimum Gasteiger partial charge on any atom is -0.378 e. The summed E-state index contributed by atoms with van der Waals surface area (Å²) in [5, 5.41) is 6.69. The van der Waals surface area contributed by atoms with Crippen LogP contribution in [0.2, 0.25) is 0 Å². The number of hydrogen-bond acceptors (Lipinski definition) is 6. The Balaban J connectivity index is 1.26. The van der Waals surface area contributed by atoms with Crippen LogP contribution in [0, 0.1) is 0 Å². The summed E-state index contributed by atoms with van der Waals surface area (Å²) in [6.45, 7) is 5.44. The second-order valence-electron chi connectivity index (χ2n) is 10.3. The number of aromatic nitrogens is 2. The van der Waals surface area contributed by atoms with Crippen LogP contribution in [0.15, 0.2) is 30.5 Å². The number of nitrogens with one attached hydrogen (secondary N) is 1. The van der Waals surface area contributed by atoms with Crippen molar-refractivity contribution in [3.63, 3.8) is 0 Å². The van der Waals surface area contributed by atoms with Gasteiger partial charge in [-0.2, -0.15) is 17.9 Å². The first-order valence-corrected chi connectivity index (χ1v) is 13.1. The molecule has 3 fully saturated rings. The molecule has 0 atom stereocenters. The number of nitrogens with zero attached hydrogens (tertiary/aromatic N) is 5. The van der Waals surface area contributed by atoms with E-state index in [4.69, 9.17) is 4.74 Å². The summed E-state index contributed by atoms with van der Waals surface area (Å²) in [4.78, 5) is 30.0. The Labute approximate surface area is 219 Å². The highest BCUT2D eigenvalue weighted by Gasteiger charge is 2.44. The van der Waals surface area contributed by atoms with Crippen LogP contribution in [0.3, 0.4) is 0 Å². The zero-order valence-corrected chi connectivity index (χ0v) is 21.5. The van der Waals surface area contributed by atoms with Crippen molar-refractivity contribution in [1.29, 1.82) is 0 Å². The number of benzene rings is 1. The number of amides is 2. The molecule has 0 saturated carbocycles. The molecule has 5 rings (SSSR count). The van der Waals surface area contributed by atoms with E-state index in [2.05, 4.69) is 15.3 Å². The standard InChI is InChI=1S/C26H33F3N6O3/c1-19(36)30-23-5-10-35(31-23)24(37)33-11-7-25(8-12-33)6-2-9-34(25)18-20-3-4-22(21(17-20)26(27,28)29)32-13-15-38-16-14-32/h3-5,10,17H,2,6-9,11-16,18H2,1H3,(H,30,31,36). The Morgan fingerprint density at radius 1 is 1.05 bits per heavy atom. The predicted molar refractivity (Wildman–Crippen MR) is 135 cm³/mol. The van der Waals surface area contributed by atoms with Crippen LogP contribution in [0.25, 0.3) is 0 Å². The largest absolute Gasteiger partial charge is 0.418 e. The fraction of sp³-hybridized carbons (Fsp3) is 0.577. The van der Waals surface area contributed by atoms with Gasteiger partial charge in [0.1, 0.15) is 0 Å². The van der Waals surface area contributed by atoms with E-state index in [-0.39, 0.29) is 23.2 Å². The predicted octanol–water partition coefficient (Wildman–Crippen LogP) is 3.80. The van der Waals surface area contributed by atoms with E-state index < -0.39 is 11.7 Å². The average Bonchev–Trinajstić information content (AvgIpc) is 3.51. The lowest BCUT2D eigenvalue weighted by atomic mass is 9.84. The van der Waals surface area contributed by atoms with Crippen LogP contribution in [-0.2, 0) is 22.3 Å². The first-order chi connectivity index (χ1) is 18.1. The second kappa shape index (κ2) is 10.6. The van der Waals surface area contributed by atoms with E-state index >= 15 is 0 Å². The molecule has 1 spiro atoms. The third-order valence-electron chi connectivity index (χ3n) is 7.89. The minimum absolute atomic E-state index is 0.135. The highest BCUT2D eigenvalue weighted by Crippen LogP contribution is 2.41. The van der Waals surface area contributed by atoms with Gasteiger partial charge in [-0.15, -0.1) is 5.10 Å². The maximum absolute atomic E-state index is 14.0. The molecule has 1 N–H and O–H groups in total. The number of carbonyl (C=O) groups is 2. The molecule has 3 saturated heterocycles. The molecule has 206 valence electrons. The van der Waals surface area contributed by atoms with Crippen LogP contribution in [0.4, 0.5) is 29.5 Å². The summed E-state index contributed by atoms with van der Waals surface area (Å²) in [5.41, 5.74) is 0.135. The number of rotatable bonds is 4. The number of hydrogen-bond donors (Lipinski definition) is 1. The lowest BCUT2D eigenvalue weighted by Crippen LogP contribution is -2.53. The molecule has 3 aliphatic rings. The number of likely N-dealkylation sites (tertiary alicyclic amines) is 2. The first-order valence-electron chi connectivity index (χ1n) is 13.1. The van der Waals surface area contributed by atoms with Crippen LogP contribution in [-0.4, -0.2) is 83.0 Å². The third-order valence-corrected chi connectivity index (χ3v) is 7.89. The molecule has 0 aliphatic carbocycles. The van der Waals surface area contributed by atoms with Crippen molar-refractivity contribution in [2.75, 3.05) is 56.2 Å². The average molecular weight is 535 g/mol. The van der Waals surface area contributed by atoms with E-state index in [0.717, 1.165) is 32.2 Å². The zero-order valence-electron chi connectivity index (χ0n) is 21.5. The fourth-order valence-electron chi connectivity index (χ4n) is 5.95. The molecule has 4 heterocycles. The lowest BCUT2D eigenvalue weighted by molar-refractivity contribution is -0.137. The molecular formula is C26H33F3N6O3. The number of morpholine rings is 1. The van der Waals surface area contributed by atoms with Gasteiger partial charge in [0.05, 0.1) is 18.8 Å². The van der Waals surface area contributed by atoms with Gasteiger partial charge in [0.2, 0.25) is 5.91 Å². The van der Waals surface area contributed by atoms with Crippen LogP contribution in [0.5, 0.6) is 0 Å². The topological polar surface area (TPSA) is 82.9 Å². The Morgan fingerprint density at radius 3 is 2.47 bits per heavy atom. The normalized spacial score (nSPS) is 20.2. The smallest absolute Gasteiger partial charge is 0.378 e. The molecule has 2 amide bonds. The molecule has 0 radical (unpaired) electrons. The van der Waals surface area contributed by atoms with Crippen LogP contribution in [0.1, 0.15) is 43.7 Å². The summed E-state index contributed by atoms with van der Waals surface area (Å²) in [7, 11) is 0. The maximum atomic E-state index is 14.0. The summed E-state index contributed by atoms with van der Waals surface area (Å²) >= 11 is 0. The van der Waals surface area contributed by atoms with Crippen molar-refractivity contribution < 1.29 is 27.5 Å². The van der Waals surface area contributed by atoms with E-state index in [1.807, 2.05) is 6.07 Å². The molecular weight excluding hydrogens is 501 g/mol. The molecule has 0 bridgehead atoms. The van der Waals surface area contributed by atoms with E-state index in [9.17, 15) is 22.8 Å². The Morgan fingerprint density at radius 2 is 1.79 bits per heavy atom. The molecule has 38 heavy (non-hydrogen) atoms. The number of halogens is 3. The van der Waals surface area contributed by atoms with Crippen molar-refractivity contribution in [3.05, 3.63) is 41.6 Å². The van der Waals surface area contributed by atoms with Gasteiger partial charge in [-0.25, -0.2) is 4.79 Å². The summed E-state index contributed by atoms with van der Waals surface area (Å²) in [5.74, 6) is 0.0567. The SMILES string of the molecule is CC(=O)Nc1ccn(C(=O)N2CCC3(CCCN3Cc3ccc(N4CCOCC4)c(C(F)(F)F)c3)CC2)n1. The number of carbonyl (C=O) groups excluding carboxylic acids is 2. The summed E-state index contributed by atoms with van der Waals surface area (Å²) < 4.78 is 48.6. The molecule has 1 aromatic heterocycles. The van der Waals surface area contributed by atoms with Gasteiger partial charge < -0.3 is 19.9 Å². The van der Waals surface area contributed by atoms with E-state index in [0.29, 0.717) is 57.3 Å². The highest BCUT2D eigenvalue weighted by atomic mass is 19.4. The van der Waals surface area contributed by atoms with Crippen molar-refractivity contribution >= 4 is 23.4 Å². The van der Waals surface area contributed by atoms with Crippen molar-refractivity contribution in [3.8, 4) is 0 Å². The number of alkyl halides is 3. The molecule has 0 unspecified atom stereocenters. The quantitative estimate of drug-likeness (QED) is 0.643. The minimum atomic E-state index is -4.44. The van der Waals surface area contributed by atoms with Gasteiger partial charge >= 0.3 is 12.2 Å². The molecule has 9 nitrogen and oxygen atoms in total. The van der Waals surface area contributed by atoms with Crippen molar-refractivity contribution in [2.45, 2.75) is 50.9 Å². The fourth-order valence-corrected chi connectivity index (χ4v) is 5.95.